The van der Waals surface area contributed by atoms with Crippen LogP contribution < -0.4 is 0 Å². The normalized spacial score (nSPS) is 9.14. The number of nitriles is 1. The Morgan fingerprint density at radius 3 is 2.71 bits per heavy atom. The zero-order valence-electron chi connectivity index (χ0n) is 7.89. The molecule has 0 saturated heterocycles. The van der Waals surface area contributed by atoms with Crippen molar-refractivity contribution in [3.8, 4) is 6.07 Å². The Morgan fingerprint density at radius 1 is 1.57 bits per heavy atom. The highest BCUT2D eigenvalue weighted by Gasteiger charge is 2.09. The molecule has 0 aliphatic carbocycles. The molecule has 1 amide bonds. The number of amides is 1. The van der Waals surface area contributed by atoms with Gasteiger partial charge >= 0.3 is 5.97 Å². The zero-order chi connectivity index (χ0) is 11.0. The van der Waals surface area contributed by atoms with Crippen molar-refractivity contribution in [3.05, 3.63) is 0 Å². The van der Waals surface area contributed by atoms with Crippen LogP contribution in [-0.2, 0) is 9.59 Å². The minimum Gasteiger partial charge on any atom is -0.481 e. The molecule has 0 aromatic rings. The summed E-state index contributed by atoms with van der Waals surface area (Å²) in [5.41, 5.74) is 0. The van der Waals surface area contributed by atoms with E-state index in [2.05, 4.69) is 0 Å². The molecule has 0 rings (SSSR count). The first-order valence-corrected chi connectivity index (χ1v) is 5.14. The maximum absolute atomic E-state index is 11.2. The Kier molecular flexibility index (Phi) is 6.58. The smallest absolute Gasteiger partial charge is 0.305 e. The lowest BCUT2D eigenvalue weighted by Gasteiger charge is -2.14. The molecule has 0 heterocycles. The van der Waals surface area contributed by atoms with Gasteiger partial charge in [0.2, 0.25) is 5.91 Å². The fourth-order valence-electron chi connectivity index (χ4n) is 0.682. The molecule has 0 unspecified atom stereocenters. The second kappa shape index (κ2) is 7.21. The van der Waals surface area contributed by atoms with Crippen LogP contribution in [0.15, 0.2) is 0 Å². The summed E-state index contributed by atoms with van der Waals surface area (Å²) in [7, 11) is 1.55. The molecular formula is C8H12N2O3S. The van der Waals surface area contributed by atoms with E-state index < -0.39 is 5.97 Å². The van der Waals surface area contributed by atoms with Gasteiger partial charge in [0.1, 0.15) is 0 Å². The van der Waals surface area contributed by atoms with Gasteiger partial charge in [0, 0.05) is 13.6 Å². The predicted molar refractivity (Wildman–Crippen MR) is 52.8 cm³/mol. The number of carboxylic acid groups (broad SMARTS) is 1. The minimum atomic E-state index is -0.922. The summed E-state index contributed by atoms with van der Waals surface area (Å²) >= 11 is 1.22. The van der Waals surface area contributed by atoms with Crippen LogP contribution in [0.2, 0.25) is 0 Å². The lowest BCUT2D eigenvalue weighted by molar-refractivity contribution is -0.137. The average Bonchev–Trinajstić information content (AvgIpc) is 2.14. The molecule has 0 bridgehead atoms. The van der Waals surface area contributed by atoms with E-state index >= 15 is 0 Å². The van der Waals surface area contributed by atoms with E-state index in [1.165, 1.54) is 16.7 Å². The van der Waals surface area contributed by atoms with Crippen molar-refractivity contribution in [2.45, 2.75) is 6.42 Å². The summed E-state index contributed by atoms with van der Waals surface area (Å²) in [5.74, 6) is -0.567. The van der Waals surface area contributed by atoms with Gasteiger partial charge in [0.05, 0.1) is 24.0 Å². The topological polar surface area (TPSA) is 81.4 Å². The van der Waals surface area contributed by atoms with Crippen LogP contribution in [0.25, 0.3) is 0 Å². The molecule has 0 aliphatic heterocycles. The van der Waals surface area contributed by atoms with E-state index in [-0.39, 0.29) is 30.4 Å². The number of hydrogen-bond acceptors (Lipinski definition) is 4. The van der Waals surface area contributed by atoms with Crippen LogP contribution in [0, 0.1) is 11.3 Å². The molecular weight excluding hydrogens is 204 g/mol. The van der Waals surface area contributed by atoms with E-state index in [4.69, 9.17) is 10.4 Å². The van der Waals surface area contributed by atoms with Crippen molar-refractivity contribution in [2.24, 2.45) is 0 Å². The highest BCUT2D eigenvalue weighted by Crippen LogP contribution is 2.00. The molecule has 1 N–H and O–H groups in total. The van der Waals surface area contributed by atoms with Crippen LogP contribution in [0.4, 0.5) is 0 Å². The van der Waals surface area contributed by atoms with Gasteiger partial charge in [0.15, 0.2) is 0 Å². The van der Waals surface area contributed by atoms with Crippen LogP contribution in [0.3, 0.4) is 0 Å². The van der Waals surface area contributed by atoms with Crippen molar-refractivity contribution in [3.63, 3.8) is 0 Å². The van der Waals surface area contributed by atoms with E-state index in [0.717, 1.165) is 0 Å². The molecule has 0 atom stereocenters. The van der Waals surface area contributed by atoms with Gasteiger partial charge in [-0.1, -0.05) is 0 Å². The Hall–Kier alpha value is -1.22. The fourth-order valence-corrected chi connectivity index (χ4v) is 1.27. The first kappa shape index (κ1) is 12.8. The van der Waals surface area contributed by atoms with Gasteiger partial charge in [0.25, 0.3) is 0 Å². The summed E-state index contributed by atoms with van der Waals surface area (Å²) in [4.78, 5) is 22.8. The second-order valence-electron chi connectivity index (χ2n) is 2.61. The molecule has 0 radical (unpaired) electrons. The Morgan fingerprint density at radius 2 is 2.21 bits per heavy atom. The number of thioether (sulfide) groups is 1. The van der Waals surface area contributed by atoms with Crippen LogP contribution in [0.1, 0.15) is 6.42 Å². The lowest BCUT2D eigenvalue weighted by Crippen LogP contribution is -2.30. The highest BCUT2D eigenvalue weighted by molar-refractivity contribution is 8.00. The third-order valence-electron chi connectivity index (χ3n) is 1.48. The number of carbonyl (C=O) groups is 2. The second-order valence-corrected chi connectivity index (χ2v) is 3.60. The maximum atomic E-state index is 11.2. The van der Waals surface area contributed by atoms with Gasteiger partial charge in [-0.05, 0) is 0 Å². The molecule has 0 spiro atoms. The van der Waals surface area contributed by atoms with E-state index in [1.807, 2.05) is 6.07 Å². The Labute approximate surface area is 86.7 Å². The molecule has 0 saturated carbocycles. The number of aliphatic carboxylic acids is 1. The van der Waals surface area contributed by atoms with Gasteiger partial charge in [-0.2, -0.15) is 5.26 Å². The van der Waals surface area contributed by atoms with Crippen molar-refractivity contribution in [1.82, 2.24) is 4.90 Å². The van der Waals surface area contributed by atoms with Crippen molar-refractivity contribution >= 4 is 23.6 Å². The van der Waals surface area contributed by atoms with E-state index in [0.29, 0.717) is 0 Å². The molecule has 0 aliphatic rings. The van der Waals surface area contributed by atoms with Crippen molar-refractivity contribution in [2.75, 3.05) is 25.1 Å². The number of nitrogens with zero attached hydrogens (tertiary/aromatic N) is 2. The summed E-state index contributed by atoms with van der Waals surface area (Å²) in [6.07, 6.45) is -0.0504. The third-order valence-corrected chi connectivity index (χ3v) is 2.26. The fraction of sp³-hybridized carbons (Fsp3) is 0.625. The van der Waals surface area contributed by atoms with Crippen molar-refractivity contribution in [1.29, 1.82) is 5.26 Å². The number of hydrogen-bond donors (Lipinski definition) is 1. The van der Waals surface area contributed by atoms with Gasteiger partial charge in [-0.25, -0.2) is 0 Å². The van der Waals surface area contributed by atoms with Crippen molar-refractivity contribution < 1.29 is 14.7 Å². The molecule has 0 fully saturated rings. The molecule has 6 heteroatoms. The number of carboxylic acids is 1. The zero-order valence-corrected chi connectivity index (χ0v) is 8.71. The Bertz CT molecular complexity index is 249. The molecule has 78 valence electrons. The van der Waals surface area contributed by atoms with Crippen LogP contribution >= 0.6 is 11.8 Å². The standard InChI is InChI=1S/C8H12N2O3S/c1-10(4-2-8(12)13)7(11)6-14-5-3-9/h2,4-6H2,1H3,(H,12,13). The first-order chi connectivity index (χ1) is 6.57. The average molecular weight is 216 g/mol. The van der Waals surface area contributed by atoms with Crippen LogP contribution in [0.5, 0.6) is 0 Å². The molecule has 14 heavy (non-hydrogen) atoms. The molecule has 0 aromatic carbocycles. The van der Waals surface area contributed by atoms with Gasteiger partial charge in [-0.15, -0.1) is 11.8 Å². The molecule has 5 nitrogen and oxygen atoms in total. The summed E-state index contributed by atoms with van der Waals surface area (Å²) < 4.78 is 0. The number of rotatable bonds is 6. The minimum absolute atomic E-state index is 0.0504. The van der Waals surface area contributed by atoms with E-state index in [1.54, 1.807) is 7.05 Å². The maximum Gasteiger partial charge on any atom is 0.305 e. The SMILES string of the molecule is CN(CCC(=O)O)C(=O)CSCC#N. The first-order valence-electron chi connectivity index (χ1n) is 3.98. The largest absolute Gasteiger partial charge is 0.481 e. The predicted octanol–water partition coefficient (Wildman–Crippen LogP) is 0.176. The van der Waals surface area contributed by atoms with E-state index in [9.17, 15) is 9.59 Å². The van der Waals surface area contributed by atoms with Gasteiger partial charge in [-0.3, -0.25) is 9.59 Å². The Balaban J connectivity index is 3.66. The summed E-state index contributed by atoms with van der Waals surface area (Å²) in [6, 6.07) is 1.91. The van der Waals surface area contributed by atoms with Gasteiger partial charge < -0.3 is 10.0 Å². The third kappa shape index (κ3) is 6.31. The quantitative estimate of drug-likeness (QED) is 0.640. The summed E-state index contributed by atoms with van der Waals surface area (Å²) in [6.45, 7) is 0.210. The molecule has 0 aromatic heterocycles. The monoisotopic (exact) mass is 216 g/mol. The van der Waals surface area contributed by atoms with Crippen LogP contribution in [-0.4, -0.2) is 47.0 Å². The summed E-state index contributed by atoms with van der Waals surface area (Å²) in [5, 5.41) is 16.6. The number of carbonyl (C=O) groups excluding carboxylic acids is 1. The highest BCUT2D eigenvalue weighted by atomic mass is 32.2. The lowest BCUT2D eigenvalue weighted by atomic mass is 10.4.